The van der Waals surface area contributed by atoms with Gasteiger partial charge >= 0.3 is 0 Å². The third-order valence-corrected chi connectivity index (χ3v) is 6.93. The van der Waals surface area contributed by atoms with Gasteiger partial charge in [0.15, 0.2) is 11.4 Å². The number of fused-ring (bicyclic) bond motifs is 3. The van der Waals surface area contributed by atoms with Gasteiger partial charge in [0.05, 0.1) is 22.0 Å². The van der Waals surface area contributed by atoms with E-state index < -0.39 is 11.4 Å². The van der Waals surface area contributed by atoms with Crippen LogP contribution in [0.3, 0.4) is 0 Å². The van der Waals surface area contributed by atoms with Crippen LogP contribution in [-0.2, 0) is 13.1 Å². The number of hydrogen-bond donors (Lipinski definition) is 1. The third-order valence-electron chi connectivity index (χ3n) is 5.63. The van der Waals surface area contributed by atoms with Gasteiger partial charge in [-0.3, -0.25) is 9.59 Å². The molecule has 0 bridgehead atoms. The van der Waals surface area contributed by atoms with Crippen molar-refractivity contribution in [3.8, 4) is 16.3 Å². The quantitative estimate of drug-likeness (QED) is 0.491. The SMILES string of the molecule is Cc1ccc(-c2nn(Cc3ccc(F)c(Cl)c3)c(=O)c3c(O)c4n(c23)CCN(C)C4=O)s1. The Bertz CT molecular complexity index is 1470. The second-order valence-corrected chi connectivity index (χ2v) is 9.46. The van der Waals surface area contributed by atoms with Crippen LogP contribution in [-0.4, -0.2) is 43.9 Å². The highest BCUT2D eigenvalue weighted by atomic mass is 35.5. The van der Waals surface area contributed by atoms with Gasteiger partial charge in [-0.05, 0) is 36.8 Å². The van der Waals surface area contributed by atoms with E-state index in [2.05, 4.69) is 5.10 Å². The third kappa shape index (κ3) is 3.11. The number of rotatable bonds is 3. The van der Waals surface area contributed by atoms with Crippen molar-refractivity contribution in [2.45, 2.75) is 20.0 Å². The Balaban J connectivity index is 1.81. The monoisotopic (exact) mass is 472 g/mol. The second-order valence-electron chi connectivity index (χ2n) is 7.77. The molecule has 0 fully saturated rings. The summed E-state index contributed by atoms with van der Waals surface area (Å²) >= 11 is 7.41. The zero-order chi connectivity index (χ0) is 22.7. The molecule has 3 aromatic heterocycles. The van der Waals surface area contributed by atoms with Crippen LogP contribution in [0.2, 0.25) is 5.02 Å². The number of thiophene rings is 1. The number of carbonyl (C=O) groups excluding carboxylic acids is 1. The van der Waals surface area contributed by atoms with Gasteiger partial charge in [0, 0.05) is 25.0 Å². The Hall–Kier alpha value is -3.17. The molecule has 4 aromatic rings. The molecule has 32 heavy (non-hydrogen) atoms. The Morgan fingerprint density at radius 3 is 2.69 bits per heavy atom. The lowest BCUT2D eigenvalue weighted by molar-refractivity contribution is 0.0747. The molecule has 4 heterocycles. The molecule has 7 nitrogen and oxygen atoms in total. The number of likely N-dealkylation sites (N-methyl/N-ethyl adjacent to an activating group) is 1. The molecule has 0 atom stereocenters. The fraction of sp³-hybridized carbons (Fsp3) is 0.227. The zero-order valence-corrected chi connectivity index (χ0v) is 18.8. The van der Waals surface area contributed by atoms with Gasteiger partial charge < -0.3 is 14.6 Å². The molecule has 0 aliphatic carbocycles. The minimum atomic E-state index is -0.554. The lowest BCUT2D eigenvalue weighted by atomic mass is 10.2. The Morgan fingerprint density at radius 1 is 1.22 bits per heavy atom. The first-order valence-corrected chi connectivity index (χ1v) is 11.1. The van der Waals surface area contributed by atoms with Crippen LogP contribution in [0.1, 0.15) is 20.9 Å². The normalized spacial score (nSPS) is 13.8. The number of aromatic hydroxyl groups is 1. The van der Waals surface area contributed by atoms with Gasteiger partial charge in [-0.1, -0.05) is 17.7 Å². The summed E-state index contributed by atoms with van der Waals surface area (Å²) in [7, 11) is 1.65. The molecule has 164 valence electrons. The van der Waals surface area contributed by atoms with Crippen molar-refractivity contribution in [3.63, 3.8) is 0 Å². The van der Waals surface area contributed by atoms with Gasteiger partial charge in [0.25, 0.3) is 11.5 Å². The summed E-state index contributed by atoms with van der Waals surface area (Å²) in [6.45, 7) is 2.88. The molecule has 10 heteroatoms. The maximum absolute atomic E-state index is 13.6. The lowest BCUT2D eigenvalue weighted by Gasteiger charge is -2.25. The van der Waals surface area contributed by atoms with E-state index in [-0.39, 0.29) is 34.3 Å². The van der Waals surface area contributed by atoms with Crippen LogP contribution in [0.5, 0.6) is 5.75 Å². The fourth-order valence-electron chi connectivity index (χ4n) is 4.02. The second kappa shape index (κ2) is 7.46. The highest BCUT2D eigenvalue weighted by Gasteiger charge is 2.33. The Labute approximate surface area is 190 Å². The van der Waals surface area contributed by atoms with E-state index in [9.17, 15) is 19.1 Å². The molecule has 1 amide bonds. The van der Waals surface area contributed by atoms with Crippen molar-refractivity contribution in [1.29, 1.82) is 0 Å². The number of amides is 1. The first kappa shape index (κ1) is 20.7. The van der Waals surface area contributed by atoms with Gasteiger partial charge in [-0.2, -0.15) is 5.10 Å². The predicted molar refractivity (Wildman–Crippen MR) is 121 cm³/mol. The maximum Gasteiger partial charge on any atom is 0.280 e. The van der Waals surface area contributed by atoms with Crippen molar-refractivity contribution in [2.24, 2.45) is 0 Å². The number of nitrogens with zero attached hydrogens (tertiary/aromatic N) is 4. The average molecular weight is 473 g/mol. The minimum Gasteiger partial charge on any atom is -0.505 e. The molecule has 5 rings (SSSR count). The molecule has 1 aliphatic rings. The van der Waals surface area contributed by atoms with Crippen LogP contribution in [0, 0.1) is 12.7 Å². The summed E-state index contributed by atoms with van der Waals surface area (Å²) < 4.78 is 16.5. The Morgan fingerprint density at radius 2 is 2.00 bits per heavy atom. The van der Waals surface area contributed by atoms with Gasteiger partial charge in [-0.15, -0.1) is 11.3 Å². The number of aryl methyl sites for hydroxylation is 1. The number of carbonyl (C=O) groups is 1. The molecular weight excluding hydrogens is 455 g/mol. The number of hydrogen-bond acceptors (Lipinski definition) is 5. The number of benzene rings is 1. The largest absolute Gasteiger partial charge is 0.505 e. The zero-order valence-electron chi connectivity index (χ0n) is 17.2. The smallest absolute Gasteiger partial charge is 0.280 e. The van der Waals surface area contributed by atoms with Crippen LogP contribution in [0.4, 0.5) is 4.39 Å². The van der Waals surface area contributed by atoms with Crippen LogP contribution in [0.15, 0.2) is 35.1 Å². The average Bonchev–Trinajstić information content (AvgIpc) is 3.31. The molecule has 0 unspecified atom stereocenters. The predicted octanol–water partition coefficient (Wildman–Crippen LogP) is 3.87. The fourth-order valence-corrected chi connectivity index (χ4v) is 5.07. The maximum atomic E-state index is 13.6. The molecule has 1 N–H and O–H groups in total. The van der Waals surface area contributed by atoms with Crippen LogP contribution >= 0.6 is 22.9 Å². The van der Waals surface area contributed by atoms with E-state index >= 15 is 0 Å². The van der Waals surface area contributed by atoms with E-state index in [1.54, 1.807) is 11.6 Å². The highest BCUT2D eigenvalue weighted by Crippen LogP contribution is 2.38. The van der Waals surface area contributed by atoms with E-state index in [1.165, 1.54) is 39.1 Å². The van der Waals surface area contributed by atoms with E-state index in [0.717, 1.165) is 9.75 Å². The topological polar surface area (TPSA) is 80.4 Å². The summed E-state index contributed by atoms with van der Waals surface area (Å²) in [5.74, 6) is -1.25. The molecule has 0 spiro atoms. The molecule has 1 aliphatic heterocycles. The van der Waals surface area contributed by atoms with Crippen LogP contribution in [0.25, 0.3) is 21.5 Å². The first-order valence-electron chi connectivity index (χ1n) is 9.88. The lowest BCUT2D eigenvalue weighted by Crippen LogP contribution is -2.37. The minimum absolute atomic E-state index is 0.0277. The summed E-state index contributed by atoms with van der Waals surface area (Å²) in [4.78, 5) is 29.6. The van der Waals surface area contributed by atoms with Crippen molar-refractivity contribution in [2.75, 3.05) is 13.6 Å². The molecule has 1 aromatic carbocycles. The van der Waals surface area contributed by atoms with Crippen molar-refractivity contribution >= 4 is 39.7 Å². The molecular formula is C22H18ClFN4O3S. The first-order chi connectivity index (χ1) is 15.3. The summed E-state index contributed by atoms with van der Waals surface area (Å²) in [6, 6.07) is 8.04. The van der Waals surface area contributed by atoms with Crippen molar-refractivity contribution in [1.82, 2.24) is 19.2 Å². The molecule has 0 saturated carbocycles. The molecule has 0 saturated heterocycles. The van der Waals surface area contributed by atoms with E-state index in [0.29, 0.717) is 29.9 Å². The number of aromatic nitrogens is 3. The summed E-state index contributed by atoms with van der Waals surface area (Å²) in [6.07, 6.45) is 0. The van der Waals surface area contributed by atoms with Gasteiger partial charge in [0.1, 0.15) is 16.9 Å². The van der Waals surface area contributed by atoms with E-state index in [1.807, 2.05) is 19.1 Å². The van der Waals surface area contributed by atoms with Gasteiger partial charge in [-0.25, -0.2) is 9.07 Å². The summed E-state index contributed by atoms with van der Waals surface area (Å²) in [5, 5.41) is 15.6. The van der Waals surface area contributed by atoms with Gasteiger partial charge in [0.2, 0.25) is 0 Å². The van der Waals surface area contributed by atoms with Crippen molar-refractivity contribution < 1.29 is 14.3 Å². The standard InChI is InChI=1S/C22H18ClFN4O3S/c1-11-3-6-15(32-11)17-18-16(20(29)19-22(31)26(2)7-8-27(18)19)21(30)28(25-17)10-12-4-5-14(24)13(23)9-12/h3-6,9,29H,7-8,10H2,1-2H3. The summed E-state index contributed by atoms with van der Waals surface area (Å²) in [5.41, 5.74) is 1.08. The number of halogens is 2. The van der Waals surface area contributed by atoms with Crippen molar-refractivity contribution in [3.05, 3.63) is 67.7 Å². The van der Waals surface area contributed by atoms with E-state index in [4.69, 9.17) is 11.6 Å². The molecule has 0 radical (unpaired) electrons. The van der Waals surface area contributed by atoms with Crippen LogP contribution < -0.4 is 5.56 Å². The highest BCUT2D eigenvalue weighted by molar-refractivity contribution is 7.15. The Kier molecular flexibility index (Phi) is 4.83.